The number of phenolic OH excluding ortho intramolecular Hbond substituents is 1. The second-order valence-electron chi connectivity index (χ2n) is 4.98. The molecule has 3 N–H and O–H groups in total. The van der Waals surface area contributed by atoms with Crippen molar-refractivity contribution in [1.29, 1.82) is 0 Å². The molecule has 0 amide bonds. The van der Waals surface area contributed by atoms with Crippen molar-refractivity contribution in [2.75, 3.05) is 7.11 Å². The maximum Gasteiger partial charge on any atom is 0.160 e. The first-order chi connectivity index (χ1) is 7.49. The molecule has 3 heteroatoms. The number of methoxy groups -OCH3 is 1. The Hall–Kier alpha value is -1.22. The number of hydrogen-bond acceptors (Lipinski definition) is 3. The van der Waals surface area contributed by atoms with Gasteiger partial charge in [-0.25, -0.2) is 0 Å². The summed E-state index contributed by atoms with van der Waals surface area (Å²) >= 11 is 0. The minimum atomic E-state index is -0.227. The van der Waals surface area contributed by atoms with E-state index in [0.29, 0.717) is 17.6 Å². The van der Waals surface area contributed by atoms with Gasteiger partial charge in [0, 0.05) is 5.54 Å². The Labute approximate surface area is 96.2 Å². The summed E-state index contributed by atoms with van der Waals surface area (Å²) in [6, 6.07) is 5.39. The van der Waals surface area contributed by atoms with E-state index < -0.39 is 0 Å². The van der Waals surface area contributed by atoms with Crippen molar-refractivity contribution >= 4 is 0 Å². The van der Waals surface area contributed by atoms with Crippen LogP contribution in [0.5, 0.6) is 11.5 Å². The number of ether oxygens (including phenoxy) is 1. The van der Waals surface area contributed by atoms with E-state index in [2.05, 4.69) is 13.8 Å². The molecule has 1 aliphatic rings. The first-order valence-electron chi connectivity index (χ1n) is 5.65. The Morgan fingerprint density at radius 3 is 2.69 bits per heavy atom. The standard InChI is InChI=1S/C13H19NO2/c1-8(2)10-7-13(10,14)9-4-5-11(15)12(6-9)16-3/h4-6,8,10,15H,7,14H2,1-3H3. The average molecular weight is 221 g/mol. The Balaban J connectivity index is 2.29. The van der Waals surface area contributed by atoms with Gasteiger partial charge in [-0.05, 0) is 36.0 Å². The molecule has 0 aliphatic heterocycles. The molecule has 2 atom stereocenters. The third kappa shape index (κ3) is 1.65. The molecule has 0 spiro atoms. The summed E-state index contributed by atoms with van der Waals surface area (Å²) in [7, 11) is 1.55. The third-order valence-electron chi connectivity index (χ3n) is 3.58. The molecule has 2 rings (SSSR count). The van der Waals surface area contributed by atoms with E-state index in [-0.39, 0.29) is 11.3 Å². The Morgan fingerprint density at radius 1 is 1.50 bits per heavy atom. The van der Waals surface area contributed by atoms with Gasteiger partial charge in [0.1, 0.15) is 0 Å². The Morgan fingerprint density at radius 2 is 2.19 bits per heavy atom. The molecule has 1 aromatic rings. The van der Waals surface area contributed by atoms with Crippen molar-refractivity contribution < 1.29 is 9.84 Å². The normalized spacial score (nSPS) is 28.2. The molecule has 88 valence electrons. The highest BCUT2D eigenvalue weighted by atomic mass is 16.5. The number of benzene rings is 1. The fourth-order valence-corrected chi connectivity index (χ4v) is 2.43. The second-order valence-corrected chi connectivity index (χ2v) is 4.98. The highest BCUT2D eigenvalue weighted by Gasteiger charge is 2.53. The van der Waals surface area contributed by atoms with E-state index in [1.54, 1.807) is 13.2 Å². The lowest BCUT2D eigenvalue weighted by Gasteiger charge is -2.15. The summed E-state index contributed by atoms with van der Waals surface area (Å²) in [5.41, 5.74) is 7.18. The summed E-state index contributed by atoms with van der Waals surface area (Å²) in [5.74, 6) is 1.78. The molecular formula is C13H19NO2. The number of phenols is 1. The first kappa shape index (κ1) is 11.3. The predicted molar refractivity (Wildman–Crippen MR) is 63.5 cm³/mol. The van der Waals surface area contributed by atoms with Crippen LogP contribution in [0.2, 0.25) is 0 Å². The molecule has 16 heavy (non-hydrogen) atoms. The maximum absolute atomic E-state index is 9.53. The smallest absolute Gasteiger partial charge is 0.160 e. The summed E-state index contributed by atoms with van der Waals surface area (Å²) in [4.78, 5) is 0. The van der Waals surface area contributed by atoms with Gasteiger partial charge in [0.25, 0.3) is 0 Å². The van der Waals surface area contributed by atoms with Crippen molar-refractivity contribution in [2.24, 2.45) is 17.6 Å². The molecular weight excluding hydrogens is 202 g/mol. The lowest BCUT2D eigenvalue weighted by Crippen LogP contribution is -2.23. The summed E-state index contributed by atoms with van der Waals surface area (Å²) in [6.07, 6.45) is 1.01. The van der Waals surface area contributed by atoms with Crippen LogP contribution in [0.3, 0.4) is 0 Å². The number of aromatic hydroxyl groups is 1. The first-order valence-corrected chi connectivity index (χ1v) is 5.65. The summed E-state index contributed by atoms with van der Waals surface area (Å²) < 4.78 is 5.10. The molecule has 2 unspecified atom stereocenters. The van der Waals surface area contributed by atoms with E-state index in [9.17, 15) is 5.11 Å². The maximum atomic E-state index is 9.53. The van der Waals surface area contributed by atoms with Gasteiger partial charge in [-0.1, -0.05) is 19.9 Å². The molecule has 0 aromatic heterocycles. The van der Waals surface area contributed by atoms with Crippen LogP contribution in [0.25, 0.3) is 0 Å². The molecule has 0 saturated heterocycles. The average Bonchev–Trinajstić information content (AvgIpc) is 2.93. The van der Waals surface area contributed by atoms with E-state index in [1.807, 2.05) is 12.1 Å². The van der Waals surface area contributed by atoms with Gasteiger partial charge in [0.15, 0.2) is 11.5 Å². The summed E-state index contributed by atoms with van der Waals surface area (Å²) in [6.45, 7) is 4.38. The van der Waals surface area contributed by atoms with Gasteiger partial charge in [-0.3, -0.25) is 0 Å². The fourth-order valence-electron chi connectivity index (χ4n) is 2.43. The zero-order valence-corrected chi connectivity index (χ0v) is 10.0. The van der Waals surface area contributed by atoms with E-state index >= 15 is 0 Å². The Bertz CT molecular complexity index is 403. The number of rotatable bonds is 3. The lowest BCUT2D eigenvalue weighted by atomic mass is 9.97. The topological polar surface area (TPSA) is 55.5 Å². The zero-order valence-electron chi connectivity index (χ0n) is 10.0. The van der Waals surface area contributed by atoms with Gasteiger partial charge in [-0.15, -0.1) is 0 Å². The lowest BCUT2D eigenvalue weighted by molar-refractivity contribution is 0.371. The molecule has 0 heterocycles. The molecule has 0 radical (unpaired) electrons. The largest absolute Gasteiger partial charge is 0.504 e. The van der Waals surface area contributed by atoms with Crippen molar-refractivity contribution in [3.8, 4) is 11.5 Å². The van der Waals surface area contributed by atoms with Crippen LogP contribution in [-0.4, -0.2) is 12.2 Å². The zero-order chi connectivity index (χ0) is 11.9. The van der Waals surface area contributed by atoms with Crippen LogP contribution < -0.4 is 10.5 Å². The molecule has 1 aromatic carbocycles. The van der Waals surface area contributed by atoms with Crippen LogP contribution in [0.1, 0.15) is 25.8 Å². The van der Waals surface area contributed by atoms with Crippen LogP contribution >= 0.6 is 0 Å². The van der Waals surface area contributed by atoms with Crippen LogP contribution in [0, 0.1) is 11.8 Å². The van der Waals surface area contributed by atoms with Crippen LogP contribution in [0.4, 0.5) is 0 Å². The molecule has 3 nitrogen and oxygen atoms in total. The third-order valence-corrected chi connectivity index (χ3v) is 3.58. The molecule has 1 aliphatic carbocycles. The van der Waals surface area contributed by atoms with Crippen LogP contribution in [0.15, 0.2) is 18.2 Å². The van der Waals surface area contributed by atoms with E-state index in [1.165, 1.54) is 0 Å². The predicted octanol–water partition coefficient (Wildman–Crippen LogP) is 2.23. The van der Waals surface area contributed by atoms with Crippen molar-refractivity contribution in [1.82, 2.24) is 0 Å². The van der Waals surface area contributed by atoms with Crippen molar-refractivity contribution in [2.45, 2.75) is 25.8 Å². The van der Waals surface area contributed by atoms with E-state index in [4.69, 9.17) is 10.5 Å². The van der Waals surface area contributed by atoms with Crippen molar-refractivity contribution in [3.63, 3.8) is 0 Å². The van der Waals surface area contributed by atoms with Crippen LogP contribution in [-0.2, 0) is 5.54 Å². The molecule has 0 bridgehead atoms. The highest BCUT2D eigenvalue weighted by Crippen LogP contribution is 2.54. The van der Waals surface area contributed by atoms with Gasteiger partial charge >= 0.3 is 0 Å². The Kier molecular flexibility index (Phi) is 2.58. The minimum absolute atomic E-state index is 0.164. The van der Waals surface area contributed by atoms with Gasteiger partial charge < -0.3 is 15.6 Å². The SMILES string of the molecule is COc1cc(C2(N)CC2C(C)C)ccc1O. The molecule has 1 saturated carbocycles. The number of hydrogen-bond donors (Lipinski definition) is 2. The number of nitrogens with two attached hydrogens (primary N) is 1. The van der Waals surface area contributed by atoms with Gasteiger partial charge in [0.2, 0.25) is 0 Å². The minimum Gasteiger partial charge on any atom is -0.504 e. The van der Waals surface area contributed by atoms with Gasteiger partial charge in [0.05, 0.1) is 7.11 Å². The van der Waals surface area contributed by atoms with E-state index in [0.717, 1.165) is 12.0 Å². The highest BCUT2D eigenvalue weighted by molar-refractivity contribution is 5.46. The van der Waals surface area contributed by atoms with Gasteiger partial charge in [-0.2, -0.15) is 0 Å². The molecule has 1 fully saturated rings. The summed E-state index contributed by atoms with van der Waals surface area (Å²) in [5, 5.41) is 9.53. The monoisotopic (exact) mass is 221 g/mol. The fraction of sp³-hybridized carbons (Fsp3) is 0.538. The van der Waals surface area contributed by atoms with Crippen molar-refractivity contribution in [3.05, 3.63) is 23.8 Å². The quantitative estimate of drug-likeness (QED) is 0.823. The second kappa shape index (κ2) is 3.67.